The highest BCUT2D eigenvalue weighted by atomic mass is 35.5. The summed E-state index contributed by atoms with van der Waals surface area (Å²) in [7, 11) is 0. The van der Waals surface area contributed by atoms with Gasteiger partial charge in [0.15, 0.2) is 0 Å². The maximum Gasteiger partial charge on any atom is 0.0487 e. The Labute approximate surface area is 110 Å². The Morgan fingerprint density at radius 2 is 1.59 bits per heavy atom. The lowest BCUT2D eigenvalue weighted by Crippen LogP contribution is -1.88. The van der Waals surface area contributed by atoms with Crippen molar-refractivity contribution in [1.29, 1.82) is 0 Å². The third-order valence-electron chi connectivity index (χ3n) is 3.03. The Bertz CT molecular complexity index is 598. The van der Waals surface area contributed by atoms with Gasteiger partial charge in [0.1, 0.15) is 0 Å². The van der Waals surface area contributed by atoms with Crippen molar-refractivity contribution in [3.8, 4) is 0 Å². The Kier molecular flexibility index (Phi) is 2.70. The van der Waals surface area contributed by atoms with Gasteiger partial charge in [0.2, 0.25) is 0 Å². The second-order valence-corrected chi connectivity index (χ2v) is 4.96. The Balaban J connectivity index is 2.23. The first-order valence-corrected chi connectivity index (χ1v) is 6.25. The number of hydrogen-bond donors (Lipinski definition) is 0. The molecule has 1 aliphatic rings. The highest BCUT2D eigenvalue weighted by Crippen LogP contribution is 2.42. The average Bonchev–Trinajstić information content (AvgIpc) is 2.68. The summed E-state index contributed by atoms with van der Waals surface area (Å²) in [5, 5.41) is 1.65. The van der Waals surface area contributed by atoms with E-state index in [1.165, 1.54) is 5.56 Å². The predicted octanol–water partition coefficient (Wildman–Crippen LogP) is 4.89. The molecule has 2 aromatic carbocycles. The molecule has 0 bridgehead atoms. The molecule has 0 aromatic heterocycles. The summed E-state index contributed by atoms with van der Waals surface area (Å²) < 4.78 is 0. The number of allylic oxidation sites excluding steroid dienone is 1. The van der Waals surface area contributed by atoms with Crippen LogP contribution in [0, 0.1) is 0 Å². The third kappa shape index (κ3) is 1.78. The largest absolute Gasteiger partial charge is 0.0881 e. The van der Waals surface area contributed by atoms with Crippen LogP contribution in [0.3, 0.4) is 0 Å². The molecule has 0 heterocycles. The minimum absolute atomic E-state index is 0.775. The monoisotopic (exact) mass is 260 g/mol. The maximum atomic E-state index is 6.37. The molecular formula is C15H10Cl2. The molecule has 0 amide bonds. The highest BCUT2D eigenvalue weighted by Gasteiger charge is 2.23. The highest BCUT2D eigenvalue weighted by molar-refractivity contribution is 6.37. The summed E-state index contributed by atoms with van der Waals surface area (Å²) in [5.74, 6) is 0. The minimum Gasteiger partial charge on any atom is -0.0881 e. The van der Waals surface area contributed by atoms with E-state index in [-0.39, 0.29) is 0 Å². The number of hydrogen-bond acceptors (Lipinski definition) is 0. The maximum absolute atomic E-state index is 6.37. The molecule has 0 nitrogen and oxygen atoms in total. The van der Waals surface area contributed by atoms with Crippen LogP contribution >= 0.6 is 23.2 Å². The molecule has 0 radical (unpaired) electrons. The zero-order valence-corrected chi connectivity index (χ0v) is 10.6. The summed E-state index contributed by atoms with van der Waals surface area (Å²) in [6.07, 6.45) is 0.779. The molecule has 0 spiro atoms. The second kappa shape index (κ2) is 4.21. The molecule has 3 rings (SSSR count). The molecule has 0 fully saturated rings. The summed E-state index contributed by atoms with van der Waals surface area (Å²) in [6.45, 7) is 0. The van der Waals surface area contributed by atoms with Crippen LogP contribution in [0.5, 0.6) is 0 Å². The summed E-state index contributed by atoms with van der Waals surface area (Å²) in [5.41, 5.74) is 4.50. The lowest BCUT2D eigenvalue weighted by atomic mass is 9.99. The third-order valence-corrected chi connectivity index (χ3v) is 3.67. The molecule has 0 saturated carbocycles. The minimum atomic E-state index is 0.775. The van der Waals surface area contributed by atoms with Gasteiger partial charge in [-0.3, -0.25) is 0 Å². The first-order chi connectivity index (χ1) is 8.27. The fraction of sp³-hybridized carbons (Fsp3) is 0.0667. The molecule has 2 aromatic rings. The van der Waals surface area contributed by atoms with E-state index < -0.39 is 0 Å². The molecule has 0 unspecified atom stereocenters. The topological polar surface area (TPSA) is 0 Å². The lowest BCUT2D eigenvalue weighted by molar-refractivity contribution is 1.29. The first kappa shape index (κ1) is 10.9. The normalized spacial score (nSPS) is 14.0. The van der Waals surface area contributed by atoms with Gasteiger partial charge in [-0.25, -0.2) is 0 Å². The van der Waals surface area contributed by atoms with Crippen molar-refractivity contribution in [1.82, 2.24) is 0 Å². The van der Waals surface area contributed by atoms with E-state index in [0.717, 1.165) is 33.2 Å². The lowest BCUT2D eigenvalue weighted by Gasteiger charge is -2.08. The van der Waals surface area contributed by atoms with Crippen molar-refractivity contribution >= 4 is 28.8 Å². The van der Waals surface area contributed by atoms with Crippen molar-refractivity contribution in [3.05, 3.63) is 75.3 Å². The van der Waals surface area contributed by atoms with Gasteiger partial charge < -0.3 is 0 Å². The predicted molar refractivity (Wildman–Crippen MR) is 73.5 cm³/mol. The van der Waals surface area contributed by atoms with E-state index in [1.807, 2.05) is 30.3 Å². The van der Waals surface area contributed by atoms with Gasteiger partial charge in [0.25, 0.3) is 0 Å². The second-order valence-electron chi connectivity index (χ2n) is 4.10. The van der Waals surface area contributed by atoms with Crippen molar-refractivity contribution in [3.63, 3.8) is 0 Å². The van der Waals surface area contributed by atoms with Crippen LogP contribution in [-0.4, -0.2) is 0 Å². The summed E-state index contributed by atoms with van der Waals surface area (Å²) in [4.78, 5) is 0. The van der Waals surface area contributed by atoms with Gasteiger partial charge in [-0.2, -0.15) is 0 Å². The summed E-state index contributed by atoms with van der Waals surface area (Å²) >= 11 is 12.7. The van der Waals surface area contributed by atoms with Gasteiger partial charge in [-0.1, -0.05) is 65.7 Å². The van der Waals surface area contributed by atoms with E-state index in [1.54, 1.807) is 0 Å². The molecular weight excluding hydrogens is 251 g/mol. The van der Waals surface area contributed by atoms with Crippen LogP contribution in [0.1, 0.15) is 16.7 Å². The number of fused-ring (bicyclic) bond motifs is 1. The van der Waals surface area contributed by atoms with Gasteiger partial charge in [0.05, 0.1) is 0 Å². The molecule has 84 valence electrons. The van der Waals surface area contributed by atoms with Gasteiger partial charge in [-0.05, 0) is 17.2 Å². The average molecular weight is 261 g/mol. The number of benzene rings is 2. The van der Waals surface area contributed by atoms with Crippen molar-refractivity contribution < 1.29 is 0 Å². The van der Waals surface area contributed by atoms with Crippen LogP contribution in [0.25, 0.3) is 5.57 Å². The van der Waals surface area contributed by atoms with E-state index in [0.29, 0.717) is 0 Å². The van der Waals surface area contributed by atoms with E-state index in [2.05, 4.69) is 18.2 Å². The van der Waals surface area contributed by atoms with Gasteiger partial charge >= 0.3 is 0 Å². The van der Waals surface area contributed by atoms with Crippen LogP contribution < -0.4 is 0 Å². The zero-order valence-electron chi connectivity index (χ0n) is 9.08. The molecule has 0 atom stereocenters. The fourth-order valence-corrected chi connectivity index (χ4v) is 2.93. The summed E-state index contributed by atoms with van der Waals surface area (Å²) in [6, 6.07) is 16.1. The fourth-order valence-electron chi connectivity index (χ4n) is 2.29. The van der Waals surface area contributed by atoms with E-state index >= 15 is 0 Å². The van der Waals surface area contributed by atoms with E-state index in [4.69, 9.17) is 23.2 Å². The molecule has 17 heavy (non-hydrogen) atoms. The SMILES string of the molecule is ClC1=C(c2ccccc2)c2c(Cl)cccc2C1. The van der Waals surface area contributed by atoms with Crippen LogP contribution in [0.2, 0.25) is 5.02 Å². The quantitative estimate of drug-likeness (QED) is 0.685. The Morgan fingerprint density at radius 1 is 0.824 bits per heavy atom. The molecule has 0 aliphatic heterocycles. The number of halogens is 2. The van der Waals surface area contributed by atoms with Crippen LogP contribution in [0.4, 0.5) is 0 Å². The molecule has 1 aliphatic carbocycles. The Hall–Kier alpha value is -1.24. The van der Waals surface area contributed by atoms with Crippen molar-refractivity contribution in [2.45, 2.75) is 6.42 Å². The van der Waals surface area contributed by atoms with Crippen molar-refractivity contribution in [2.24, 2.45) is 0 Å². The van der Waals surface area contributed by atoms with Gasteiger partial charge in [0, 0.05) is 27.6 Å². The number of rotatable bonds is 1. The standard InChI is InChI=1S/C15H10Cl2/c16-12-8-4-7-11-9-13(17)14(15(11)12)10-5-2-1-3-6-10/h1-8H,9H2. The van der Waals surface area contributed by atoms with Crippen molar-refractivity contribution in [2.75, 3.05) is 0 Å². The molecule has 0 N–H and O–H groups in total. The zero-order chi connectivity index (χ0) is 11.8. The van der Waals surface area contributed by atoms with E-state index in [9.17, 15) is 0 Å². The van der Waals surface area contributed by atoms with Crippen LogP contribution in [-0.2, 0) is 6.42 Å². The van der Waals surface area contributed by atoms with Crippen LogP contribution in [0.15, 0.2) is 53.6 Å². The first-order valence-electron chi connectivity index (χ1n) is 5.49. The Morgan fingerprint density at radius 3 is 2.35 bits per heavy atom. The molecule has 2 heteroatoms. The molecule has 0 saturated heterocycles. The smallest absolute Gasteiger partial charge is 0.0487 e. The van der Waals surface area contributed by atoms with Gasteiger partial charge in [-0.15, -0.1) is 0 Å².